The van der Waals surface area contributed by atoms with Crippen LogP contribution < -0.4 is 5.32 Å². The molecule has 0 aromatic carbocycles. The maximum absolute atomic E-state index is 5.38. The van der Waals surface area contributed by atoms with Gasteiger partial charge in [0.2, 0.25) is 0 Å². The van der Waals surface area contributed by atoms with Crippen LogP contribution in [0.1, 0.15) is 19.3 Å². The normalized spacial score (nSPS) is 17.9. The second-order valence-corrected chi connectivity index (χ2v) is 5.45. The lowest BCUT2D eigenvalue weighted by Gasteiger charge is -2.28. The number of aromatic nitrogens is 1. The fourth-order valence-corrected chi connectivity index (χ4v) is 2.78. The lowest BCUT2D eigenvalue weighted by atomic mass is 9.94. The SMILES string of the molecule is CN1CCC(CCNc2nccc3occc23)CC1. The molecule has 0 saturated carbocycles. The van der Waals surface area contributed by atoms with Crippen molar-refractivity contribution in [2.75, 3.05) is 32.0 Å². The van der Waals surface area contributed by atoms with E-state index in [0.717, 1.165) is 29.2 Å². The van der Waals surface area contributed by atoms with Crippen LogP contribution in [0.15, 0.2) is 29.0 Å². The van der Waals surface area contributed by atoms with Crippen molar-refractivity contribution in [1.82, 2.24) is 9.88 Å². The molecule has 1 aliphatic rings. The summed E-state index contributed by atoms with van der Waals surface area (Å²) in [6, 6.07) is 3.87. The number of fused-ring (bicyclic) bond motifs is 1. The Labute approximate surface area is 113 Å². The third-order valence-corrected chi connectivity index (χ3v) is 4.06. The van der Waals surface area contributed by atoms with Crippen LogP contribution in [-0.4, -0.2) is 36.6 Å². The van der Waals surface area contributed by atoms with Crippen LogP contribution in [0.3, 0.4) is 0 Å². The Kier molecular flexibility index (Phi) is 3.69. The molecule has 0 aliphatic carbocycles. The molecule has 0 amide bonds. The Morgan fingerprint density at radius 1 is 1.37 bits per heavy atom. The van der Waals surface area contributed by atoms with E-state index in [4.69, 9.17) is 4.42 Å². The number of furan rings is 1. The molecular formula is C15H21N3O. The van der Waals surface area contributed by atoms with E-state index < -0.39 is 0 Å². The molecule has 3 rings (SSSR count). The second-order valence-electron chi connectivity index (χ2n) is 5.45. The highest BCUT2D eigenvalue weighted by Crippen LogP contribution is 2.23. The van der Waals surface area contributed by atoms with Crippen LogP contribution in [0.25, 0.3) is 11.0 Å². The summed E-state index contributed by atoms with van der Waals surface area (Å²) in [4.78, 5) is 6.81. The molecule has 1 fully saturated rings. The van der Waals surface area contributed by atoms with Gasteiger partial charge in [0.1, 0.15) is 11.4 Å². The van der Waals surface area contributed by atoms with Gasteiger partial charge in [0.05, 0.1) is 11.6 Å². The average Bonchev–Trinajstić information content (AvgIpc) is 2.90. The number of likely N-dealkylation sites (tertiary alicyclic amines) is 1. The van der Waals surface area contributed by atoms with Gasteiger partial charge in [-0.15, -0.1) is 0 Å². The zero-order chi connectivity index (χ0) is 13.1. The van der Waals surface area contributed by atoms with Crippen LogP contribution in [0.5, 0.6) is 0 Å². The fraction of sp³-hybridized carbons (Fsp3) is 0.533. The lowest BCUT2D eigenvalue weighted by Crippen LogP contribution is -2.30. The summed E-state index contributed by atoms with van der Waals surface area (Å²) in [5, 5.41) is 4.52. The molecule has 0 bridgehead atoms. The largest absolute Gasteiger partial charge is 0.464 e. The summed E-state index contributed by atoms with van der Waals surface area (Å²) in [5.41, 5.74) is 0.900. The van der Waals surface area contributed by atoms with Gasteiger partial charge in [-0.05, 0) is 57.5 Å². The maximum atomic E-state index is 5.38. The number of anilines is 1. The van der Waals surface area contributed by atoms with Crippen molar-refractivity contribution in [2.45, 2.75) is 19.3 Å². The molecule has 3 heterocycles. The number of nitrogens with one attached hydrogen (secondary N) is 1. The number of piperidine rings is 1. The van der Waals surface area contributed by atoms with Gasteiger partial charge in [-0.2, -0.15) is 0 Å². The predicted molar refractivity (Wildman–Crippen MR) is 77.3 cm³/mol. The zero-order valence-corrected chi connectivity index (χ0v) is 11.4. The van der Waals surface area contributed by atoms with Crippen LogP contribution in [-0.2, 0) is 0 Å². The molecule has 0 atom stereocenters. The Bertz CT molecular complexity index is 529. The van der Waals surface area contributed by atoms with Gasteiger partial charge in [-0.25, -0.2) is 4.98 Å². The molecule has 1 saturated heterocycles. The van der Waals surface area contributed by atoms with Crippen molar-refractivity contribution in [3.05, 3.63) is 24.6 Å². The van der Waals surface area contributed by atoms with Gasteiger partial charge < -0.3 is 14.6 Å². The summed E-state index contributed by atoms with van der Waals surface area (Å²) in [7, 11) is 2.21. The summed E-state index contributed by atoms with van der Waals surface area (Å²) < 4.78 is 5.38. The minimum Gasteiger partial charge on any atom is -0.464 e. The maximum Gasteiger partial charge on any atom is 0.139 e. The Balaban J connectivity index is 1.53. The molecule has 2 aromatic rings. The number of rotatable bonds is 4. The third-order valence-electron chi connectivity index (χ3n) is 4.06. The topological polar surface area (TPSA) is 41.3 Å². The smallest absolute Gasteiger partial charge is 0.139 e. The van der Waals surface area contributed by atoms with Gasteiger partial charge in [0.25, 0.3) is 0 Å². The number of hydrogen-bond acceptors (Lipinski definition) is 4. The van der Waals surface area contributed by atoms with E-state index in [1.807, 2.05) is 12.1 Å². The van der Waals surface area contributed by atoms with E-state index in [-0.39, 0.29) is 0 Å². The standard InChI is InChI=1S/C15H21N3O/c1-18-9-4-12(5-10-18)2-7-16-15-13-6-11-19-14(13)3-8-17-15/h3,6,8,11-12H,2,4-5,7,9-10H2,1H3,(H,16,17). The highest BCUT2D eigenvalue weighted by molar-refractivity contribution is 5.87. The molecule has 19 heavy (non-hydrogen) atoms. The first-order valence-electron chi connectivity index (χ1n) is 7.07. The van der Waals surface area contributed by atoms with Crippen molar-refractivity contribution in [1.29, 1.82) is 0 Å². The first kappa shape index (κ1) is 12.5. The minimum atomic E-state index is 0.854. The molecule has 1 aliphatic heterocycles. The summed E-state index contributed by atoms with van der Waals surface area (Å²) in [6.07, 6.45) is 7.38. The van der Waals surface area contributed by atoms with E-state index in [0.29, 0.717) is 0 Å². The predicted octanol–water partition coefficient (Wildman–Crippen LogP) is 2.97. The number of pyridine rings is 1. The summed E-state index contributed by atoms with van der Waals surface area (Å²) in [5.74, 6) is 1.80. The number of nitrogens with zero attached hydrogens (tertiary/aromatic N) is 2. The molecule has 4 nitrogen and oxygen atoms in total. The highest BCUT2D eigenvalue weighted by atomic mass is 16.3. The van der Waals surface area contributed by atoms with Crippen molar-refractivity contribution in [2.24, 2.45) is 5.92 Å². The molecule has 4 heteroatoms. The quantitative estimate of drug-likeness (QED) is 0.916. The van der Waals surface area contributed by atoms with Crippen molar-refractivity contribution < 1.29 is 4.42 Å². The first-order chi connectivity index (χ1) is 9.33. The Morgan fingerprint density at radius 3 is 3.05 bits per heavy atom. The van der Waals surface area contributed by atoms with Crippen molar-refractivity contribution in [3.63, 3.8) is 0 Å². The fourth-order valence-electron chi connectivity index (χ4n) is 2.78. The summed E-state index contributed by atoms with van der Waals surface area (Å²) >= 11 is 0. The Hall–Kier alpha value is -1.55. The molecule has 0 spiro atoms. The van der Waals surface area contributed by atoms with Gasteiger partial charge >= 0.3 is 0 Å². The van der Waals surface area contributed by atoms with E-state index in [1.54, 1.807) is 12.5 Å². The molecule has 1 N–H and O–H groups in total. The molecule has 0 radical (unpaired) electrons. The highest BCUT2D eigenvalue weighted by Gasteiger charge is 2.16. The van der Waals surface area contributed by atoms with E-state index in [2.05, 4.69) is 22.2 Å². The molecule has 2 aromatic heterocycles. The van der Waals surface area contributed by atoms with E-state index in [1.165, 1.54) is 32.4 Å². The van der Waals surface area contributed by atoms with Gasteiger partial charge in [0, 0.05) is 12.7 Å². The molecule has 102 valence electrons. The van der Waals surface area contributed by atoms with Crippen LogP contribution in [0.4, 0.5) is 5.82 Å². The van der Waals surface area contributed by atoms with Crippen molar-refractivity contribution in [3.8, 4) is 0 Å². The minimum absolute atomic E-state index is 0.854. The average molecular weight is 259 g/mol. The second kappa shape index (κ2) is 5.61. The Morgan fingerprint density at radius 2 is 2.21 bits per heavy atom. The lowest BCUT2D eigenvalue weighted by molar-refractivity contribution is 0.215. The van der Waals surface area contributed by atoms with Crippen LogP contribution in [0, 0.1) is 5.92 Å². The van der Waals surface area contributed by atoms with Gasteiger partial charge in [0.15, 0.2) is 0 Å². The third kappa shape index (κ3) is 2.89. The van der Waals surface area contributed by atoms with E-state index >= 15 is 0 Å². The van der Waals surface area contributed by atoms with Crippen LogP contribution in [0.2, 0.25) is 0 Å². The summed E-state index contributed by atoms with van der Waals surface area (Å²) in [6.45, 7) is 3.46. The van der Waals surface area contributed by atoms with Gasteiger partial charge in [-0.1, -0.05) is 0 Å². The molecule has 0 unspecified atom stereocenters. The zero-order valence-electron chi connectivity index (χ0n) is 11.4. The van der Waals surface area contributed by atoms with Crippen LogP contribution >= 0.6 is 0 Å². The monoisotopic (exact) mass is 259 g/mol. The van der Waals surface area contributed by atoms with Crippen molar-refractivity contribution >= 4 is 16.8 Å². The first-order valence-corrected chi connectivity index (χ1v) is 7.07. The van der Waals surface area contributed by atoms with Gasteiger partial charge in [-0.3, -0.25) is 0 Å². The molecular weight excluding hydrogens is 238 g/mol. The number of hydrogen-bond donors (Lipinski definition) is 1. The van der Waals surface area contributed by atoms with E-state index in [9.17, 15) is 0 Å².